The minimum Gasteiger partial charge on any atom is -0.399 e. The minimum atomic E-state index is -0.210. The van der Waals surface area contributed by atoms with Gasteiger partial charge >= 0.3 is 6.03 Å². The lowest BCUT2D eigenvalue weighted by molar-refractivity contribution is 0.252. The lowest BCUT2D eigenvalue weighted by Crippen LogP contribution is -2.29. The van der Waals surface area contributed by atoms with Crippen LogP contribution in [0.2, 0.25) is 0 Å². The van der Waals surface area contributed by atoms with Crippen LogP contribution in [0.1, 0.15) is 12.8 Å². The molecule has 106 valence electrons. The Hall–Kier alpha value is -2.50. The van der Waals surface area contributed by atoms with Gasteiger partial charge in [0.1, 0.15) is 0 Å². The Bertz CT molecular complexity index is 538. The molecule has 1 heterocycles. The summed E-state index contributed by atoms with van der Waals surface area (Å²) in [5.74, 6) is 0. The summed E-state index contributed by atoms with van der Waals surface area (Å²) in [4.78, 5) is 15.6. The SMILES string of the molecule is Nc1cccc(NC(=O)NCCCCn2ccnc2)c1. The Balaban J connectivity index is 1.60. The molecule has 0 radical (unpaired) electrons. The van der Waals surface area contributed by atoms with Crippen molar-refractivity contribution >= 4 is 17.4 Å². The molecule has 2 aromatic rings. The first-order valence-corrected chi connectivity index (χ1v) is 6.60. The normalized spacial score (nSPS) is 10.2. The quantitative estimate of drug-likeness (QED) is 0.556. The second-order valence-electron chi connectivity index (χ2n) is 4.51. The molecule has 2 rings (SSSR count). The van der Waals surface area contributed by atoms with Crippen LogP contribution in [0.5, 0.6) is 0 Å². The van der Waals surface area contributed by atoms with Crippen LogP contribution in [0.15, 0.2) is 43.0 Å². The standard InChI is InChI=1S/C14H19N5O/c15-12-4-3-5-13(10-12)18-14(20)17-6-1-2-8-19-9-7-16-11-19/h3-5,7,9-11H,1-2,6,8,15H2,(H2,17,18,20). The van der Waals surface area contributed by atoms with Gasteiger partial charge in [-0.3, -0.25) is 0 Å². The Morgan fingerprint density at radius 2 is 2.25 bits per heavy atom. The topological polar surface area (TPSA) is 85.0 Å². The van der Waals surface area contributed by atoms with Crippen molar-refractivity contribution in [2.45, 2.75) is 19.4 Å². The summed E-state index contributed by atoms with van der Waals surface area (Å²) in [6.45, 7) is 1.56. The van der Waals surface area contributed by atoms with E-state index in [0.717, 1.165) is 19.4 Å². The highest BCUT2D eigenvalue weighted by atomic mass is 16.2. The van der Waals surface area contributed by atoms with Crippen molar-refractivity contribution in [3.63, 3.8) is 0 Å². The first-order chi connectivity index (χ1) is 9.74. The number of nitrogens with one attached hydrogen (secondary N) is 2. The lowest BCUT2D eigenvalue weighted by Gasteiger charge is -2.08. The largest absolute Gasteiger partial charge is 0.399 e. The van der Waals surface area contributed by atoms with E-state index in [1.807, 2.05) is 10.8 Å². The third-order valence-corrected chi connectivity index (χ3v) is 2.83. The van der Waals surface area contributed by atoms with Gasteiger partial charge in [-0.15, -0.1) is 0 Å². The highest BCUT2D eigenvalue weighted by molar-refractivity contribution is 5.89. The van der Waals surface area contributed by atoms with Crippen LogP contribution >= 0.6 is 0 Å². The molecule has 6 nitrogen and oxygen atoms in total. The smallest absolute Gasteiger partial charge is 0.319 e. The van der Waals surface area contributed by atoms with Gasteiger partial charge in [0.15, 0.2) is 0 Å². The van der Waals surface area contributed by atoms with E-state index in [-0.39, 0.29) is 6.03 Å². The summed E-state index contributed by atoms with van der Waals surface area (Å²) in [6.07, 6.45) is 7.40. The van der Waals surface area contributed by atoms with Crippen LogP contribution in [0, 0.1) is 0 Å². The van der Waals surface area contributed by atoms with Crippen LogP contribution in [0.4, 0.5) is 16.2 Å². The number of anilines is 2. The summed E-state index contributed by atoms with van der Waals surface area (Å²) in [5.41, 5.74) is 6.96. The molecule has 4 N–H and O–H groups in total. The summed E-state index contributed by atoms with van der Waals surface area (Å²) in [7, 11) is 0. The number of nitrogens with zero attached hydrogens (tertiary/aromatic N) is 2. The number of benzene rings is 1. The van der Waals surface area contributed by atoms with E-state index in [2.05, 4.69) is 15.6 Å². The minimum absolute atomic E-state index is 0.210. The van der Waals surface area contributed by atoms with E-state index in [1.54, 1.807) is 36.8 Å². The molecule has 20 heavy (non-hydrogen) atoms. The van der Waals surface area contributed by atoms with Gasteiger partial charge in [0.05, 0.1) is 6.33 Å². The van der Waals surface area contributed by atoms with Gasteiger partial charge in [-0.05, 0) is 31.0 Å². The van der Waals surface area contributed by atoms with E-state index in [9.17, 15) is 4.79 Å². The number of amides is 2. The van der Waals surface area contributed by atoms with Crippen molar-refractivity contribution in [2.24, 2.45) is 0 Å². The van der Waals surface area contributed by atoms with Gasteiger partial charge in [0.2, 0.25) is 0 Å². The maximum Gasteiger partial charge on any atom is 0.319 e. The number of carbonyl (C=O) groups is 1. The van der Waals surface area contributed by atoms with Crippen molar-refractivity contribution in [1.82, 2.24) is 14.9 Å². The Labute approximate surface area is 118 Å². The predicted molar refractivity (Wildman–Crippen MR) is 79.3 cm³/mol. The molecule has 0 saturated carbocycles. The third kappa shape index (κ3) is 4.64. The van der Waals surface area contributed by atoms with Crippen molar-refractivity contribution < 1.29 is 4.79 Å². The first kappa shape index (κ1) is 13.9. The van der Waals surface area contributed by atoms with Gasteiger partial charge in [0, 0.05) is 36.9 Å². The highest BCUT2D eigenvalue weighted by Gasteiger charge is 2.00. The summed E-state index contributed by atoms with van der Waals surface area (Å²) < 4.78 is 2.02. The molecular formula is C14H19N5O. The Morgan fingerprint density at radius 1 is 1.35 bits per heavy atom. The van der Waals surface area contributed by atoms with E-state index in [1.165, 1.54) is 0 Å². The van der Waals surface area contributed by atoms with Crippen molar-refractivity contribution in [3.8, 4) is 0 Å². The predicted octanol–water partition coefficient (Wildman–Crippen LogP) is 2.07. The highest BCUT2D eigenvalue weighted by Crippen LogP contribution is 2.11. The molecule has 0 aliphatic rings. The van der Waals surface area contributed by atoms with Gasteiger partial charge in [-0.2, -0.15) is 0 Å². The number of rotatable bonds is 6. The maximum atomic E-state index is 11.6. The number of hydrogen-bond donors (Lipinski definition) is 3. The molecule has 0 bridgehead atoms. The van der Waals surface area contributed by atoms with Gasteiger partial charge in [0.25, 0.3) is 0 Å². The molecule has 0 spiro atoms. The molecular weight excluding hydrogens is 254 g/mol. The molecule has 0 saturated heterocycles. The zero-order valence-corrected chi connectivity index (χ0v) is 11.2. The van der Waals surface area contributed by atoms with Gasteiger partial charge < -0.3 is 20.9 Å². The number of carbonyl (C=O) groups excluding carboxylic acids is 1. The molecule has 0 fully saturated rings. The fourth-order valence-electron chi connectivity index (χ4n) is 1.83. The molecule has 0 aliphatic heterocycles. The molecule has 6 heteroatoms. The lowest BCUT2D eigenvalue weighted by atomic mass is 10.3. The number of nitrogen functional groups attached to an aromatic ring is 1. The molecule has 1 aromatic heterocycles. The zero-order chi connectivity index (χ0) is 14.2. The summed E-state index contributed by atoms with van der Waals surface area (Å²) >= 11 is 0. The summed E-state index contributed by atoms with van der Waals surface area (Å²) in [6, 6.07) is 6.89. The number of aryl methyl sites for hydroxylation is 1. The van der Waals surface area contributed by atoms with Crippen LogP contribution < -0.4 is 16.4 Å². The van der Waals surface area contributed by atoms with Crippen LogP contribution in [0.3, 0.4) is 0 Å². The van der Waals surface area contributed by atoms with E-state index >= 15 is 0 Å². The number of nitrogens with two attached hydrogens (primary N) is 1. The number of aromatic nitrogens is 2. The van der Waals surface area contributed by atoms with E-state index < -0.39 is 0 Å². The van der Waals surface area contributed by atoms with Crippen LogP contribution in [-0.2, 0) is 6.54 Å². The zero-order valence-electron chi connectivity index (χ0n) is 11.2. The molecule has 0 atom stereocenters. The third-order valence-electron chi connectivity index (χ3n) is 2.83. The number of imidazole rings is 1. The maximum absolute atomic E-state index is 11.6. The van der Waals surface area contributed by atoms with Crippen molar-refractivity contribution in [2.75, 3.05) is 17.6 Å². The Kier molecular flexibility index (Phi) is 5.00. The van der Waals surface area contributed by atoms with Gasteiger partial charge in [-0.25, -0.2) is 9.78 Å². The van der Waals surface area contributed by atoms with Crippen LogP contribution in [0.25, 0.3) is 0 Å². The van der Waals surface area contributed by atoms with E-state index in [0.29, 0.717) is 17.9 Å². The number of hydrogen-bond acceptors (Lipinski definition) is 3. The Morgan fingerprint density at radius 3 is 3.00 bits per heavy atom. The van der Waals surface area contributed by atoms with Crippen molar-refractivity contribution in [1.29, 1.82) is 0 Å². The average Bonchev–Trinajstić information content (AvgIpc) is 2.91. The molecule has 0 aliphatic carbocycles. The van der Waals surface area contributed by atoms with Crippen LogP contribution in [-0.4, -0.2) is 22.1 Å². The molecule has 1 aromatic carbocycles. The monoisotopic (exact) mass is 273 g/mol. The number of unbranched alkanes of at least 4 members (excludes halogenated alkanes) is 1. The molecule has 0 unspecified atom stereocenters. The number of urea groups is 1. The first-order valence-electron chi connectivity index (χ1n) is 6.60. The second-order valence-corrected chi connectivity index (χ2v) is 4.51. The average molecular weight is 273 g/mol. The fraction of sp³-hybridized carbons (Fsp3) is 0.286. The summed E-state index contributed by atoms with van der Waals surface area (Å²) in [5, 5.41) is 5.56. The van der Waals surface area contributed by atoms with Crippen molar-refractivity contribution in [3.05, 3.63) is 43.0 Å². The molecule has 2 amide bonds. The van der Waals surface area contributed by atoms with E-state index in [4.69, 9.17) is 5.73 Å². The fourth-order valence-corrected chi connectivity index (χ4v) is 1.83. The second kappa shape index (κ2) is 7.18. The van der Waals surface area contributed by atoms with Gasteiger partial charge in [-0.1, -0.05) is 6.07 Å².